The molecule has 2 aromatic heterocycles. The highest BCUT2D eigenvalue weighted by atomic mass is 79.9. The zero-order valence-corrected chi connectivity index (χ0v) is 14.2. The Morgan fingerprint density at radius 3 is 3.05 bits per heavy atom. The smallest absolute Gasteiger partial charge is 0.245 e. The van der Waals surface area contributed by atoms with Crippen molar-refractivity contribution in [1.29, 1.82) is 0 Å². The molecule has 1 atom stereocenters. The van der Waals surface area contributed by atoms with Gasteiger partial charge in [0.2, 0.25) is 5.95 Å². The van der Waals surface area contributed by atoms with Gasteiger partial charge in [0.25, 0.3) is 0 Å². The molecule has 1 fully saturated rings. The quantitative estimate of drug-likeness (QED) is 0.919. The Labute approximate surface area is 133 Å². The van der Waals surface area contributed by atoms with Crippen LogP contribution in [0.5, 0.6) is 0 Å². The number of hydrogen-bond donors (Lipinski definition) is 1. The van der Waals surface area contributed by atoms with Gasteiger partial charge in [-0.2, -0.15) is 4.98 Å². The maximum Gasteiger partial charge on any atom is 0.245 e. The lowest BCUT2D eigenvalue weighted by Gasteiger charge is -2.32. The van der Waals surface area contributed by atoms with E-state index in [4.69, 9.17) is 0 Å². The minimum atomic E-state index is 0.396. The van der Waals surface area contributed by atoms with Crippen molar-refractivity contribution in [2.75, 3.05) is 24.5 Å². The molecule has 3 heterocycles. The highest BCUT2D eigenvalue weighted by Crippen LogP contribution is 2.20. The molecule has 5 nitrogen and oxygen atoms in total. The van der Waals surface area contributed by atoms with Crippen molar-refractivity contribution in [2.45, 2.75) is 32.7 Å². The third-order valence-electron chi connectivity index (χ3n) is 4.02. The van der Waals surface area contributed by atoms with Crippen molar-refractivity contribution in [3.63, 3.8) is 0 Å². The molecule has 0 aliphatic carbocycles. The van der Waals surface area contributed by atoms with Crippen molar-refractivity contribution in [3.8, 4) is 0 Å². The normalized spacial score (nSPS) is 19.3. The van der Waals surface area contributed by atoms with Gasteiger partial charge in [-0.15, -0.1) is 5.10 Å². The molecule has 1 N–H and O–H groups in total. The molecule has 21 heavy (non-hydrogen) atoms. The maximum atomic E-state index is 4.68. The fraction of sp³-hybridized carbons (Fsp3) is 0.600. The van der Waals surface area contributed by atoms with Crippen LogP contribution in [0.3, 0.4) is 0 Å². The first-order valence-corrected chi connectivity index (χ1v) is 8.42. The molecule has 1 aliphatic rings. The molecule has 2 aromatic rings. The zero-order valence-electron chi connectivity index (χ0n) is 12.6. The van der Waals surface area contributed by atoms with Crippen molar-refractivity contribution in [1.82, 2.24) is 19.9 Å². The first-order valence-electron chi connectivity index (χ1n) is 7.63. The van der Waals surface area contributed by atoms with Crippen LogP contribution in [0.4, 0.5) is 5.95 Å². The van der Waals surface area contributed by atoms with Crippen LogP contribution in [0.25, 0.3) is 5.65 Å². The number of pyridine rings is 1. The predicted octanol–water partition coefficient (Wildman–Crippen LogP) is 2.71. The number of fused-ring (bicyclic) bond motifs is 1. The number of aromatic nitrogens is 3. The zero-order chi connectivity index (χ0) is 14.8. The molecule has 1 saturated heterocycles. The van der Waals surface area contributed by atoms with Crippen molar-refractivity contribution < 1.29 is 0 Å². The molecule has 0 radical (unpaired) electrons. The molecule has 0 spiro atoms. The second-order valence-corrected chi connectivity index (χ2v) is 6.94. The first-order chi connectivity index (χ1) is 10.1. The fourth-order valence-corrected chi connectivity index (χ4v) is 3.18. The van der Waals surface area contributed by atoms with E-state index in [9.17, 15) is 0 Å². The summed E-state index contributed by atoms with van der Waals surface area (Å²) >= 11 is 3.48. The maximum absolute atomic E-state index is 4.68. The standard InChI is InChI=1S/C15H22BrN5/c1-11(2)20(9-12-4-3-7-17-8-12)15-18-14-6-5-13(16)10-21(14)19-15/h5-6,10-12,17H,3-4,7-9H2,1-2H3. The van der Waals surface area contributed by atoms with Crippen LogP contribution in [0, 0.1) is 5.92 Å². The lowest BCUT2D eigenvalue weighted by molar-refractivity contribution is 0.369. The third kappa shape index (κ3) is 3.37. The van der Waals surface area contributed by atoms with E-state index in [2.05, 4.69) is 50.1 Å². The Balaban J connectivity index is 1.84. The summed E-state index contributed by atoms with van der Waals surface area (Å²) in [6.45, 7) is 7.68. The lowest BCUT2D eigenvalue weighted by atomic mass is 9.99. The fourth-order valence-electron chi connectivity index (χ4n) is 2.85. The minimum Gasteiger partial charge on any atom is -0.337 e. The molecule has 0 aromatic carbocycles. The summed E-state index contributed by atoms with van der Waals surface area (Å²) in [6.07, 6.45) is 4.50. The number of piperidine rings is 1. The molecule has 0 saturated carbocycles. The van der Waals surface area contributed by atoms with Gasteiger partial charge in [0.1, 0.15) is 0 Å². The average molecular weight is 352 g/mol. The monoisotopic (exact) mass is 351 g/mol. The van der Waals surface area contributed by atoms with Crippen LogP contribution in [0.1, 0.15) is 26.7 Å². The molecule has 0 amide bonds. The molecule has 1 unspecified atom stereocenters. The summed E-state index contributed by atoms with van der Waals surface area (Å²) in [6, 6.07) is 4.38. The Hall–Kier alpha value is -1.14. The number of nitrogens with zero attached hydrogens (tertiary/aromatic N) is 4. The van der Waals surface area contributed by atoms with E-state index in [1.54, 1.807) is 0 Å². The van der Waals surface area contributed by atoms with Crippen LogP contribution in [0.15, 0.2) is 22.8 Å². The van der Waals surface area contributed by atoms with Gasteiger partial charge in [0, 0.05) is 23.3 Å². The van der Waals surface area contributed by atoms with Crippen LogP contribution in [0.2, 0.25) is 0 Å². The number of nitrogens with one attached hydrogen (secondary N) is 1. The van der Waals surface area contributed by atoms with Crippen LogP contribution in [-0.4, -0.2) is 40.3 Å². The Morgan fingerprint density at radius 2 is 2.33 bits per heavy atom. The molecule has 6 heteroatoms. The molecular formula is C15H22BrN5. The second-order valence-electron chi connectivity index (χ2n) is 6.02. The number of rotatable bonds is 4. The van der Waals surface area contributed by atoms with E-state index in [1.807, 2.05) is 22.8 Å². The molecule has 114 valence electrons. The van der Waals surface area contributed by atoms with Gasteiger partial charge in [-0.25, -0.2) is 4.52 Å². The highest BCUT2D eigenvalue weighted by molar-refractivity contribution is 9.10. The van der Waals surface area contributed by atoms with Crippen molar-refractivity contribution >= 4 is 27.5 Å². The molecule has 3 rings (SSSR count). The average Bonchev–Trinajstić information content (AvgIpc) is 2.88. The summed E-state index contributed by atoms with van der Waals surface area (Å²) < 4.78 is 2.85. The minimum absolute atomic E-state index is 0.396. The van der Waals surface area contributed by atoms with Gasteiger partial charge in [-0.1, -0.05) is 0 Å². The van der Waals surface area contributed by atoms with E-state index >= 15 is 0 Å². The lowest BCUT2D eigenvalue weighted by Crippen LogP contribution is -2.41. The highest BCUT2D eigenvalue weighted by Gasteiger charge is 2.22. The SMILES string of the molecule is CC(C)N(CC1CCCNC1)c1nc2ccc(Br)cn2n1. The van der Waals surface area contributed by atoms with Gasteiger partial charge < -0.3 is 10.2 Å². The summed E-state index contributed by atoms with van der Waals surface area (Å²) in [4.78, 5) is 7.00. The predicted molar refractivity (Wildman–Crippen MR) is 88.8 cm³/mol. The van der Waals surface area contributed by atoms with E-state index in [1.165, 1.54) is 12.8 Å². The number of halogens is 1. The summed E-state index contributed by atoms with van der Waals surface area (Å²) in [5.41, 5.74) is 0.889. The third-order valence-corrected chi connectivity index (χ3v) is 4.49. The largest absolute Gasteiger partial charge is 0.337 e. The van der Waals surface area contributed by atoms with E-state index in [0.717, 1.165) is 35.7 Å². The summed E-state index contributed by atoms with van der Waals surface area (Å²) in [7, 11) is 0. The first kappa shape index (κ1) is 14.8. The number of anilines is 1. The molecule has 0 bridgehead atoms. The Bertz CT molecular complexity index is 603. The van der Waals surface area contributed by atoms with Gasteiger partial charge in [-0.05, 0) is 73.8 Å². The summed E-state index contributed by atoms with van der Waals surface area (Å²) in [5, 5.41) is 8.13. The van der Waals surface area contributed by atoms with E-state index in [-0.39, 0.29) is 0 Å². The van der Waals surface area contributed by atoms with Crippen molar-refractivity contribution in [2.24, 2.45) is 5.92 Å². The van der Waals surface area contributed by atoms with Crippen LogP contribution < -0.4 is 10.2 Å². The van der Waals surface area contributed by atoms with E-state index in [0.29, 0.717) is 12.0 Å². The Kier molecular flexibility index (Phi) is 4.45. The molecular weight excluding hydrogens is 330 g/mol. The molecule has 1 aliphatic heterocycles. The summed E-state index contributed by atoms with van der Waals surface area (Å²) in [5.74, 6) is 1.51. The van der Waals surface area contributed by atoms with Gasteiger partial charge >= 0.3 is 0 Å². The van der Waals surface area contributed by atoms with Crippen molar-refractivity contribution in [3.05, 3.63) is 22.8 Å². The van der Waals surface area contributed by atoms with Gasteiger partial charge in [0.05, 0.1) is 0 Å². The van der Waals surface area contributed by atoms with Gasteiger partial charge in [0.15, 0.2) is 5.65 Å². The second kappa shape index (κ2) is 6.32. The van der Waals surface area contributed by atoms with Crippen LogP contribution >= 0.6 is 15.9 Å². The van der Waals surface area contributed by atoms with Gasteiger partial charge in [-0.3, -0.25) is 0 Å². The number of hydrogen-bond acceptors (Lipinski definition) is 4. The van der Waals surface area contributed by atoms with E-state index < -0.39 is 0 Å². The Morgan fingerprint density at radius 1 is 1.48 bits per heavy atom. The van der Waals surface area contributed by atoms with Crippen LogP contribution in [-0.2, 0) is 0 Å². The topological polar surface area (TPSA) is 45.5 Å².